The van der Waals surface area contributed by atoms with Crippen LogP contribution in [0.15, 0.2) is 24.3 Å². The number of fused-ring (bicyclic) bond motifs is 3. The Labute approximate surface area is 195 Å². The Morgan fingerprint density at radius 3 is 2.75 bits per heavy atom. The zero-order valence-electron chi connectivity index (χ0n) is 18.9. The van der Waals surface area contributed by atoms with Gasteiger partial charge < -0.3 is 25.7 Å². The van der Waals surface area contributed by atoms with Crippen molar-refractivity contribution in [3.05, 3.63) is 30.1 Å². The topological polar surface area (TPSA) is 90.0 Å². The molecule has 4 N–H and O–H groups in total. The molecule has 0 saturated heterocycles. The van der Waals surface area contributed by atoms with Crippen molar-refractivity contribution in [3.63, 3.8) is 0 Å². The summed E-state index contributed by atoms with van der Waals surface area (Å²) in [7, 11) is 0. The summed E-state index contributed by atoms with van der Waals surface area (Å²) < 4.78 is 7.86. The highest BCUT2D eigenvalue weighted by Gasteiger charge is 2.17. The summed E-state index contributed by atoms with van der Waals surface area (Å²) >= 11 is 5.51. The fourth-order valence-electron chi connectivity index (χ4n) is 4.66. The second kappa shape index (κ2) is 10.9. The number of thiocarbonyl (C=S) groups is 1. The van der Waals surface area contributed by atoms with Gasteiger partial charge in [-0.05, 0) is 37.5 Å². The van der Waals surface area contributed by atoms with Crippen LogP contribution < -0.4 is 16.4 Å². The van der Waals surface area contributed by atoms with E-state index in [4.69, 9.17) is 27.7 Å². The summed E-state index contributed by atoms with van der Waals surface area (Å²) in [5.74, 6) is 2.15. The highest BCUT2D eigenvalue weighted by atomic mass is 32.1. The monoisotopic (exact) mass is 454 g/mol. The molecule has 0 bridgehead atoms. The van der Waals surface area contributed by atoms with E-state index in [1.165, 1.54) is 38.5 Å². The summed E-state index contributed by atoms with van der Waals surface area (Å²) in [6.45, 7) is 5.38. The van der Waals surface area contributed by atoms with Crippen molar-refractivity contribution < 1.29 is 4.74 Å². The lowest BCUT2D eigenvalue weighted by Crippen LogP contribution is -2.38. The van der Waals surface area contributed by atoms with Crippen LogP contribution in [-0.2, 0) is 17.9 Å². The number of nitrogens with zero attached hydrogens (tertiary/aromatic N) is 3. The van der Waals surface area contributed by atoms with Crippen molar-refractivity contribution in [1.29, 1.82) is 0 Å². The largest absolute Gasteiger partial charge is 0.382 e. The van der Waals surface area contributed by atoms with Crippen LogP contribution in [0.1, 0.15) is 51.3 Å². The molecule has 1 fully saturated rings. The SMILES string of the molecule is CCOCc1nc2c(N)nc3ccccc3c2n1CCNC(=S)NCCC1CCCCC1. The van der Waals surface area contributed by atoms with Crippen LogP contribution in [0.2, 0.25) is 0 Å². The fourth-order valence-corrected chi connectivity index (χ4v) is 4.86. The molecule has 0 spiro atoms. The van der Waals surface area contributed by atoms with E-state index in [-0.39, 0.29) is 0 Å². The van der Waals surface area contributed by atoms with Crippen LogP contribution in [0.5, 0.6) is 0 Å². The molecule has 1 saturated carbocycles. The van der Waals surface area contributed by atoms with E-state index in [1.54, 1.807) is 0 Å². The van der Waals surface area contributed by atoms with Crippen molar-refractivity contribution in [1.82, 2.24) is 25.2 Å². The van der Waals surface area contributed by atoms with Crippen molar-refractivity contribution in [2.24, 2.45) is 5.92 Å². The van der Waals surface area contributed by atoms with E-state index in [0.29, 0.717) is 37.2 Å². The molecule has 1 aliphatic rings. The average molecular weight is 455 g/mol. The molecule has 2 heterocycles. The highest BCUT2D eigenvalue weighted by Crippen LogP contribution is 2.29. The van der Waals surface area contributed by atoms with Gasteiger partial charge in [0.05, 0.1) is 11.0 Å². The molecule has 0 radical (unpaired) electrons. The molecule has 7 nitrogen and oxygen atoms in total. The number of nitrogens with one attached hydrogen (secondary N) is 2. The number of hydrogen-bond acceptors (Lipinski definition) is 5. The van der Waals surface area contributed by atoms with Gasteiger partial charge in [-0.25, -0.2) is 9.97 Å². The first-order chi connectivity index (χ1) is 15.7. The smallest absolute Gasteiger partial charge is 0.166 e. The lowest BCUT2D eigenvalue weighted by Gasteiger charge is -2.22. The molecule has 4 rings (SSSR count). The maximum atomic E-state index is 6.25. The van der Waals surface area contributed by atoms with E-state index in [1.807, 2.05) is 25.1 Å². The number of nitrogens with two attached hydrogens (primary N) is 1. The highest BCUT2D eigenvalue weighted by molar-refractivity contribution is 7.80. The molecule has 1 aromatic carbocycles. The van der Waals surface area contributed by atoms with Gasteiger partial charge >= 0.3 is 0 Å². The average Bonchev–Trinajstić information content (AvgIpc) is 3.18. The zero-order valence-corrected chi connectivity index (χ0v) is 19.7. The molecule has 0 atom stereocenters. The number of para-hydroxylation sites is 1. The third-order valence-electron chi connectivity index (χ3n) is 6.31. The first kappa shape index (κ1) is 22.7. The molecule has 0 unspecified atom stereocenters. The number of anilines is 1. The summed E-state index contributed by atoms with van der Waals surface area (Å²) in [5.41, 5.74) is 8.85. The molecular weight excluding hydrogens is 420 g/mol. The van der Waals surface area contributed by atoms with Gasteiger partial charge in [0, 0.05) is 31.6 Å². The molecule has 172 valence electrons. The van der Waals surface area contributed by atoms with Crippen molar-refractivity contribution in [3.8, 4) is 0 Å². The van der Waals surface area contributed by atoms with Crippen LogP contribution >= 0.6 is 12.2 Å². The zero-order chi connectivity index (χ0) is 22.3. The number of aromatic nitrogens is 3. The van der Waals surface area contributed by atoms with Crippen LogP contribution in [0.25, 0.3) is 21.9 Å². The molecule has 32 heavy (non-hydrogen) atoms. The van der Waals surface area contributed by atoms with Gasteiger partial charge in [0.2, 0.25) is 0 Å². The minimum atomic E-state index is 0.434. The first-order valence-electron chi connectivity index (χ1n) is 11.8. The number of imidazole rings is 1. The molecule has 2 aromatic heterocycles. The van der Waals surface area contributed by atoms with Gasteiger partial charge in [0.25, 0.3) is 0 Å². The number of hydrogen-bond donors (Lipinski definition) is 3. The Hall–Kier alpha value is -2.45. The predicted molar refractivity (Wildman–Crippen MR) is 135 cm³/mol. The lowest BCUT2D eigenvalue weighted by molar-refractivity contribution is 0.126. The van der Waals surface area contributed by atoms with Crippen molar-refractivity contribution in [2.45, 2.75) is 58.6 Å². The first-order valence-corrected chi connectivity index (χ1v) is 12.2. The van der Waals surface area contributed by atoms with E-state index >= 15 is 0 Å². The fraction of sp³-hybridized carbons (Fsp3) is 0.542. The Morgan fingerprint density at radius 2 is 1.94 bits per heavy atom. The van der Waals surface area contributed by atoms with Gasteiger partial charge in [-0.1, -0.05) is 50.3 Å². The number of rotatable bonds is 9. The molecule has 0 amide bonds. The number of nitrogen functional groups attached to an aromatic ring is 1. The van der Waals surface area contributed by atoms with Crippen molar-refractivity contribution >= 4 is 45.1 Å². The number of benzene rings is 1. The summed E-state index contributed by atoms with van der Waals surface area (Å²) in [6.07, 6.45) is 8.09. The third kappa shape index (κ3) is 5.30. The minimum Gasteiger partial charge on any atom is -0.382 e. The summed E-state index contributed by atoms with van der Waals surface area (Å²) in [5, 5.41) is 8.48. The Kier molecular flexibility index (Phi) is 7.76. The number of ether oxygens (including phenoxy) is 1. The van der Waals surface area contributed by atoms with Crippen molar-refractivity contribution in [2.75, 3.05) is 25.4 Å². The van der Waals surface area contributed by atoms with E-state index in [2.05, 4.69) is 26.3 Å². The van der Waals surface area contributed by atoms with Crippen LogP contribution in [0.3, 0.4) is 0 Å². The Morgan fingerprint density at radius 1 is 1.16 bits per heavy atom. The van der Waals surface area contributed by atoms with Gasteiger partial charge in [-0.15, -0.1) is 0 Å². The second-order valence-electron chi connectivity index (χ2n) is 8.50. The van der Waals surface area contributed by atoms with E-state index < -0.39 is 0 Å². The van der Waals surface area contributed by atoms with Crippen LogP contribution in [-0.4, -0.2) is 39.3 Å². The van der Waals surface area contributed by atoms with Gasteiger partial charge in [-0.3, -0.25) is 0 Å². The normalized spacial score (nSPS) is 14.8. The predicted octanol–water partition coefficient (Wildman–Crippen LogP) is 4.14. The standard InChI is InChI=1S/C24H34N6OS/c1-2-31-16-20-29-21-22(18-10-6-7-11-19(18)28-23(21)25)30(20)15-14-27-24(32)26-13-12-17-8-4-3-5-9-17/h6-7,10-11,17H,2-5,8-9,12-16H2,1H3,(H2,25,28)(H2,26,27,32). The maximum Gasteiger partial charge on any atom is 0.166 e. The van der Waals surface area contributed by atoms with Gasteiger partial charge in [0.15, 0.2) is 10.9 Å². The lowest BCUT2D eigenvalue weighted by atomic mass is 9.87. The maximum absolute atomic E-state index is 6.25. The summed E-state index contributed by atoms with van der Waals surface area (Å²) in [4.78, 5) is 9.31. The van der Waals surface area contributed by atoms with Crippen LogP contribution in [0.4, 0.5) is 5.82 Å². The third-order valence-corrected chi connectivity index (χ3v) is 6.60. The van der Waals surface area contributed by atoms with Gasteiger partial charge in [-0.2, -0.15) is 0 Å². The Balaban J connectivity index is 1.43. The molecule has 8 heteroatoms. The van der Waals surface area contributed by atoms with Gasteiger partial charge in [0.1, 0.15) is 17.9 Å². The molecule has 1 aliphatic carbocycles. The molecular formula is C24H34N6OS. The quantitative estimate of drug-likeness (QED) is 0.419. The molecule has 3 aromatic rings. The Bertz CT molecular complexity index is 1060. The van der Waals surface area contributed by atoms with E-state index in [0.717, 1.165) is 40.2 Å². The second-order valence-corrected chi connectivity index (χ2v) is 8.91. The number of pyridine rings is 1. The minimum absolute atomic E-state index is 0.434. The van der Waals surface area contributed by atoms with E-state index in [9.17, 15) is 0 Å². The summed E-state index contributed by atoms with van der Waals surface area (Å²) in [6, 6.07) is 8.04. The molecule has 0 aliphatic heterocycles. The van der Waals surface area contributed by atoms with Crippen LogP contribution in [0, 0.1) is 5.92 Å².